The largest absolute Gasteiger partial charge is 0.115 e. The summed E-state index contributed by atoms with van der Waals surface area (Å²) in [6.45, 7) is 4.19. The van der Waals surface area contributed by atoms with E-state index in [1.54, 1.807) is 6.08 Å². The highest BCUT2D eigenvalue weighted by Gasteiger charge is 1.85. The van der Waals surface area contributed by atoms with Gasteiger partial charge >= 0.3 is 0 Å². The van der Waals surface area contributed by atoms with Crippen LogP contribution in [0.3, 0.4) is 0 Å². The number of hydrogen-bond acceptors (Lipinski definition) is 0. The van der Waals surface area contributed by atoms with Crippen LogP contribution in [-0.4, -0.2) is 0 Å². The van der Waals surface area contributed by atoms with Crippen molar-refractivity contribution in [3.8, 4) is 12.3 Å². The molecule has 54 valence electrons. The van der Waals surface area contributed by atoms with Crippen LogP contribution < -0.4 is 0 Å². The first kappa shape index (κ1) is 9.52. The van der Waals surface area contributed by atoms with Crippen LogP contribution >= 0.6 is 15.9 Å². The fourth-order valence-electron chi connectivity index (χ4n) is 0.459. The van der Waals surface area contributed by atoms with Crippen LogP contribution in [0.15, 0.2) is 22.2 Å². The van der Waals surface area contributed by atoms with E-state index >= 15 is 0 Å². The van der Waals surface area contributed by atoms with E-state index in [1.807, 2.05) is 6.08 Å². The van der Waals surface area contributed by atoms with E-state index in [0.717, 1.165) is 10.9 Å². The number of hydrogen-bond donors (Lipinski definition) is 0. The average Bonchev–Trinajstić information content (AvgIpc) is 1.88. The molecule has 0 aliphatic carbocycles. The van der Waals surface area contributed by atoms with E-state index in [4.69, 9.17) is 6.42 Å². The van der Waals surface area contributed by atoms with Crippen molar-refractivity contribution in [2.75, 3.05) is 0 Å². The average molecular weight is 199 g/mol. The Morgan fingerprint density at radius 2 is 2.30 bits per heavy atom. The first-order valence-electron chi connectivity index (χ1n) is 3.19. The summed E-state index contributed by atoms with van der Waals surface area (Å²) >= 11 is 3.32. The van der Waals surface area contributed by atoms with Gasteiger partial charge in [0.25, 0.3) is 0 Å². The number of rotatable bonds is 2. The lowest BCUT2D eigenvalue weighted by molar-refractivity contribution is 1.10. The quantitative estimate of drug-likeness (QED) is 0.473. The summed E-state index contributed by atoms with van der Waals surface area (Å²) < 4.78 is 0.967. The molecule has 0 amide bonds. The Bertz CT molecular complexity index is 191. The highest BCUT2D eigenvalue weighted by atomic mass is 79.9. The van der Waals surface area contributed by atoms with E-state index in [-0.39, 0.29) is 0 Å². The standard InChI is InChI=1S/C9H11Br/c1-4-6-9(10)7-8(3)5-2/h1,6-7H,5H2,2-3H3/b8-7-,9-6+. The zero-order valence-electron chi connectivity index (χ0n) is 6.32. The molecule has 0 atom stereocenters. The molecule has 0 aliphatic rings. The summed E-state index contributed by atoms with van der Waals surface area (Å²) in [6, 6.07) is 0. The van der Waals surface area contributed by atoms with Gasteiger partial charge in [0.15, 0.2) is 0 Å². The summed E-state index contributed by atoms with van der Waals surface area (Å²) in [5, 5.41) is 0. The first-order valence-corrected chi connectivity index (χ1v) is 3.99. The predicted molar refractivity (Wildman–Crippen MR) is 49.9 cm³/mol. The summed E-state index contributed by atoms with van der Waals surface area (Å²) in [6.07, 6.45) is 9.85. The fraction of sp³-hybridized carbons (Fsp3) is 0.333. The van der Waals surface area contributed by atoms with Crippen molar-refractivity contribution in [2.45, 2.75) is 20.3 Å². The first-order chi connectivity index (χ1) is 4.70. The molecule has 0 saturated heterocycles. The van der Waals surface area contributed by atoms with Gasteiger partial charge in [-0.2, -0.15) is 0 Å². The third-order valence-corrected chi connectivity index (χ3v) is 1.62. The van der Waals surface area contributed by atoms with Crippen LogP contribution in [0.5, 0.6) is 0 Å². The maximum Gasteiger partial charge on any atom is 0.0258 e. The molecule has 10 heavy (non-hydrogen) atoms. The molecule has 0 saturated carbocycles. The smallest absolute Gasteiger partial charge is 0.0258 e. The molecule has 0 heterocycles. The molecular formula is C9H11Br. The van der Waals surface area contributed by atoms with Crippen molar-refractivity contribution < 1.29 is 0 Å². The van der Waals surface area contributed by atoms with Crippen LogP contribution in [-0.2, 0) is 0 Å². The molecule has 0 aromatic heterocycles. The zero-order chi connectivity index (χ0) is 7.98. The molecule has 0 aliphatic heterocycles. The minimum absolute atomic E-state index is 0.967. The van der Waals surface area contributed by atoms with E-state index in [2.05, 4.69) is 35.7 Å². The minimum Gasteiger partial charge on any atom is -0.115 e. The van der Waals surface area contributed by atoms with Crippen molar-refractivity contribution in [1.29, 1.82) is 0 Å². The Balaban J connectivity index is 4.15. The molecule has 0 rings (SSSR count). The van der Waals surface area contributed by atoms with Gasteiger partial charge in [-0.15, -0.1) is 6.42 Å². The van der Waals surface area contributed by atoms with Crippen molar-refractivity contribution >= 4 is 15.9 Å². The van der Waals surface area contributed by atoms with Crippen molar-refractivity contribution in [3.05, 3.63) is 22.2 Å². The van der Waals surface area contributed by atoms with Gasteiger partial charge in [-0.3, -0.25) is 0 Å². The van der Waals surface area contributed by atoms with Crippen molar-refractivity contribution in [1.82, 2.24) is 0 Å². The van der Waals surface area contributed by atoms with Gasteiger partial charge < -0.3 is 0 Å². The van der Waals surface area contributed by atoms with Crippen molar-refractivity contribution in [3.63, 3.8) is 0 Å². The van der Waals surface area contributed by atoms with Gasteiger partial charge in [0.1, 0.15) is 0 Å². The van der Waals surface area contributed by atoms with Crippen LogP contribution in [0, 0.1) is 12.3 Å². The van der Waals surface area contributed by atoms with E-state index < -0.39 is 0 Å². The molecule has 0 spiro atoms. The van der Waals surface area contributed by atoms with Gasteiger partial charge in [-0.05, 0) is 19.4 Å². The van der Waals surface area contributed by atoms with Crippen molar-refractivity contribution in [2.24, 2.45) is 0 Å². The Morgan fingerprint density at radius 3 is 2.70 bits per heavy atom. The van der Waals surface area contributed by atoms with Gasteiger partial charge in [-0.25, -0.2) is 0 Å². The second-order valence-corrected chi connectivity index (χ2v) is 2.96. The lowest BCUT2D eigenvalue weighted by atomic mass is 10.2. The van der Waals surface area contributed by atoms with E-state index in [0.29, 0.717) is 0 Å². The molecule has 0 N–H and O–H groups in total. The maximum absolute atomic E-state index is 5.06. The molecule has 0 fully saturated rings. The highest BCUT2D eigenvalue weighted by molar-refractivity contribution is 9.11. The molecule has 0 aromatic rings. The second kappa shape index (κ2) is 5.32. The topological polar surface area (TPSA) is 0 Å². The summed E-state index contributed by atoms with van der Waals surface area (Å²) in [4.78, 5) is 0. The lowest BCUT2D eigenvalue weighted by Crippen LogP contribution is -1.70. The van der Waals surface area contributed by atoms with Gasteiger partial charge in [0.2, 0.25) is 0 Å². The maximum atomic E-state index is 5.06. The van der Waals surface area contributed by atoms with Crippen LogP contribution in [0.2, 0.25) is 0 Å². The van der Waals surface area contributed by atoms with Crippen LogP contribution in [0.1, 0.15) is 20.3 Å². The molecule has 0 aromatic carbocycles. The van der Waals surface area contributed by atoms with E-state index in [9.17, 15) is 0 Å². The molecular weight excluding hydrogens is 188 g/mol. The SMILES string of the molecule is C#C/C=C(Br)\C=C(\C)CC. The third-order valence-electron chi connectivity index (χ3n) is 1.16. The Labute approximate surface area is 71.1 Å². The van der Waals surface area contributed by atoms with Gasteiger partial charge in [0, 0.05) is 10.6 Å². The minimum atomic E-state index is 0.967. The third kappa shape index (κ3) is 4.40. The molecule has 0 unspecified atom stereocenters. The zero-order valence-corrected chi connectivity index (χ0v) is 7.90. The van der Waals surface area contributed by atoms with Gasteiger partial charge in [-0.1, -0.05) is 34.3 Å². The van der Waals surface area contributed by atoms with Crippen LogP contribution in [0.4, 0.5) is 0 Å². The highest BCUT2D eigenvalue weighted by Crippen LogP contribution is 2.10. The Hall–Kier alpha value is -0.480. The lowest BCUT2D eigenvalue weighted by Gasteiger charge is -1.91. The number of halogens is 1. The Morgan fingerprint density at radius 1 is 1.70 bits per heavy atom. The summed E-state index contributed by atoms with van der Waals surface area (Å²) in [7, 11) is 0. The number of terminal acetylenes is 1. The fourth-order valence-corrected chi connectivity index (χ4v) is 0.982. The molecule has 0 radical (unpaired) electrons. The normalized spacial score (nSPS) is 13.0. The summed E-state index contributed by atoms with van der Waals surface area (Å²) in [5.41, 5.74) is 1.32. The monoisotopic (exact) mass is 198 g/mol. The predicted octanol–water partition coefficient (Wildman–Crippen LogP) is 3.25. The molecule has 0 bridgehead atoms. The molecule has 0 nitrogen and oxygen atoms in total. The number of allylic oxidation sites excluding steroid dienone is 4. The van der Waals surface area contributed by atoms with Crippen LogP contribution in [0.25, 0.3) is 0 Å². The molecule has 1 heteroatoms. The summed E-state index contributed by atoms with van der Waals surface area (Å²) in [5.74, 6) is 2.44. The van der Waals surface area contributed by atoms with Gasteiger partial charge in [0.05, 0.1) is 0 Å². The van der Waals surface area contributed by atoms with E-state index in [1.165, 1.54) is 5.57 Å². The second-order valence-electron chi connectivity index (χ2n) is 2.04. The Kier molecular flexibility index (Phi) is 5.06.